The van der Waals surface area contributed by atoms with E-state index in [9.17, 15) is 9.59 Å². The van der Waals surface area contributed by atoms with E-state index >= 15 is 0 Å². The van der Waals surface area contributed by atoms with Gasteiger partial charge >= 0.3 is 5.97 Å². The Kier molecular flexibility index (Phi) is 7.05. The van der Waals surface area contributed by atoms with Crippen molar-refractivity contribution in [3.05, 3.63) is 89.5 Å². The van der Waals surface area contributed by atoms with Gasteiger partial charge in [0.15, 0.2) is 6.61 Å². The summed E-state index contributed by atoms with van der Waals surface area (Å²) in [7, 11) is 1.30. The first kappa shape index (κ1) is 20.9. The van der Waals surface area contributed by atoms with Gasteiger partial charge in [0, 0.05) is 16.8 Å². The van der Waals surface area contributed by atoms with Crippen LogP contribution in [0.1, 0.15) is 21.5 Å². The number of carbonyl (C=O) groups is 2. The van der Waals surface area contributed by atoms with Crippen LogP contribution in [0.2, 0.25) is 0 Å². The predicted molar refractivity (Wildman–Crippen MR) is 114 cm³/mol. The van der Waals surface area contributed by atoms with E-state index in [1.54, 1.807) is 24.3 Å². The zero-order valence-corrected chi connectivity index (χ0v) is 16.9. The molecule has 0 unspecified atom stereocenters. The molecule has 0 aliphatic heterocycles. The van der Waals surface area contributed by atoms with Crippen molar-refractivity contribution in [2.24, 2.45) is 0 Å². The molecule has 3 aromatic carbocycles. The van der Waals surface area contributed by atoms with Crippen molar-refractivity contribution in [3.63, 3.8) is 0 Å². The first-order chi connectivity index (χ1) is 14.6. The van der Waals surface area contributed by atoms with Crippen LogP contribution in [0.3, 0.4) is 0 Å². The lowest BCUT2D eigenvalue weighted by molar-refractivity contribution is -0.142. The van der Waals surface area contributed by atoms with Crippen molar-refractivity contribution in [2.75, 3.05) is 19.0 Å². The Morgan fingerprint density at radius 3 is 2.33 bits per heavy atom. The fourth-order valence-electron chi connectivity index (χ4n) is 2.80. The molecule has 154 valence electrons. The summed E-state index contributed by atoms with van der Waals surface area (Å²) < 4.78 is 15.7. The highest BCUT2D eigenvalue weighted by Gasteiger charge is 2.13. The van der Waals surface area contributed by atoms with Crippen molar-refractivity contribution >= 4 is 17.6 Å². The molecule has 0 aromatic heterocycles. The number of aryl methyl sites for hydroxylation is 1. The number of anilines is 1. The highest BCUT2D eigenvalue weighted by Crippen LogP contribution is 2.23. The Bertz CT molecular complexity index is 1020. The van der Waals surface area contributed by atoms with Crippen molar-refractivity contribution in [2.45, 2.75) is 13.5 Å². The molecular weight excluding hydrogens is 382 g/mol. The van der Waals surface area contributed by atoms with E-state index < -0.39 is 5.97 Å². The maximum atomic E-state index is 12.9. The van der Waals surface area contributed by atoms with Crippen LogP contribution in [0.15, 0.2) is 72.8 Å². The maximum Gasteiger partial charge on any atom is 0.343 e. The van der Waals surface area contributed by atoms with Crippen LogP contribution in [0.25, 0.3) is 0 Å². The van der Waals surface area contributed by atoms with Gasteiger partial charge in [0.25, 0.3) is 5.91 Å². The number of ether oxygens (including phenoxy) is 3. The van der Waals surface area contributed by atoms with Crippen LogP contribution in [-0.4, -0.2) is 25.6 Å². The molecule has 0 bridgehead atoms. The van der Waals surface area contributed by atoms with Gasteiger partial charge in [-0.05, 0) is 48.9 Å². The van der Waals surface area contributed by atoms with Crippen LogP contribution < -0.4 is 14.8 Å². The lowest BCUT2D eigenvalue weighted by atomic mass is 10.1. The van der Waals surface area contributed by atoms with Gasteiger partial charge in [-0.2, -0.15) is 0 Å². The Labute approximate surface area is 175 Å². The first-order valence-corrected chi connectivity index (χ1v) is 9.44. The smallest absolute Gasteiger partial charge is 0.343 e. The van der Waals surface area contributed by atoms with Gasteiger partial charge in [0.05, 0.1) is 7.11 Å². The van der Waals surface area contributed by atoms with Crippen molar-refractivity contribution in [1.82, 2.24) is 0 Å². The Morgan fingerprint density at radius 1 is 0.867 bits per heavy atom. The van der Waals surface area contributed by atoms with Gasteiger partial charge in [-0.1, -0.05) is 36.4 Å². The molecule has 1 amide bonds. The number of rotatable bonds is 8. The Morgan fingerprint density at radius 2 is 1.60 bits per heavy atom. The molecule has 0 atom stereocenters. The summed E-state index contributed by atoms with van der Waals surface area (Å²) in [6.45, 7) is 1.97. The average Bonchev–Trinajstić information content (AvgIpc) is 2.78. The second kappa shape index (κ2) is 10.1. The third kappa shape index (κ3) is 5.61. The molecular formula is C24H23NO5. The fourth-order valence-corrected chi connectivity index (χ4v) is 2.80. The summed E-state index contributed by atoms with van der Waals surface area (Å²) in [5.74, 6) is 0.576. The van der Waals surface area contributed by atoms with Crippen molar-refractivity contribution in [3.8, 4) is 11.5 Å². The van der Waals surface area contributed by atoms with Gasteiger partial charge in [0.1, 0.15) is 18.1 Å². The summed E-state index contributed by atoms with van der Waals surface area (Å²) in [6.07, 6.45) is 0. The molecule has 6 nitrogen and oxygen atoms in total. The number of esters is 1. The number of hydrogen-bond donors (Lipinski definition) is 1. The second-order valence-electron chi connectivity index (χ2n) is 6.55. The molecule has 0 saturated carbocycles. The highest BCUT2D eigenvalue weighted by atomic mass is 16.6. The molecule has 0 aliphatic carbocycles. The minimum absolute atomic E-state index is 0.170. The number of carbonyl (C=O) groups excluding carboxylic acids is 2. The summed E-state index contributed by atoms with van der Waals surface area (Å²) in [5, 5.41) is 2.93. The minimum atomic E-state index is -0.459. The molecule has 0 saturated heterocycles. The number of amides is 1. The molecule has 0 fully saturated rings. The lowest BCUT2D eigenvalue weighted by Gasteiger charge is -2.13. The molecule has 6 heteroatoms. The third-order valence-electron chi connectivity index (χ3n) is 4.43. The normalized spacial score (nSPS) is 10.2. The SMILES string of the molecule is COC(=O)COc1ccc(NC(=O)c2ccccc2COc2ccccc2)c(C)c1. The number of para-hydroxylation sites is 1. The van der Waals surface area contributed by atoms with Crippen LogP contribution in [-0.2, 0) is 16.1 Å². The van der Waals surface area contributed by atoms with E-state index in [-0.39, 0.29) is 19.1 Å². The van der Waals surface area contributed by atoms with Crippen molar-refractivity contribution < 1.29 is 23.8 Å². The standard InChI is InChI=1S/C24H23NO5/c1-17-14-20(30-16-23(26)28-2)12-13-22(17)25-24(27)21-11-7-6-8-18(21)15-29-19-9-4-3-5-10-19/h3-14H,15-16H2,1-2H3,(H,25,27). The van der Waals surface area contributed by atoms with E-state index in [0.29, 0.717) is 17.0 Å². The second-order valence-corrected chi connectivity index (χ2v) is 6.55. The topological polar surface area (TPSA) is 73.9 Å². The molecule has 1 N–H and O–H groups in total. The predicted octanol–water partition coefficient (Wildman–Crippen LogP) is 4.38. The van der Waals surface area contributed by atoms with E-state index in [2.05, 4.69) is 10.1 Å². The lowest BCUT2D eigenvalue weighted by Crippen LogP contribution is -2.16. The monoisotopic (exact) mass is 405 g/mol. The third-order valence-corrected chi connectivity index (χ3v) is 4.43. The summed E-state index contributed by atoms with van der Waals surface area (Å²) in [4.78, 5) is 24.1. The molecule has 0 aliphatic rings. The zero-order valence-electron chi connectivity index (χ0n) is 16.9. The fraction of sp³-hybridized carbons (Fsp3) is 0.167. The summed E-state index contributed by atoms with van der Waals surface area (Å²) in [5.41, 5.74) is 2.79. The largest absolute Gasteiger partial charge is 0.489 e. The molecule has 0 heterocycles. The van der Waals surface area contributed by atoms with E-state index in [0.717, 1.165) is 16.9 Å². The van der Waals surface area contributed by atoms with Gasteiger partial charge in [-0.25, -0.2) is 4.79 Å². The van der Waals surface area contributed by atoms with Crippen LogP contribution in [0.5, 0.6) is 11.5 Å². The van der Waals surface area contributed by atoms with Gasteiger partial charge < -0.3 is 19.5 Å². The Hall–Kier alpha value is -3.80. The molecule has 30 heavy (non-hydrogen) atoms. The molecule has 0 spiro atoms. The van der Waals surface area contributed by atoms with E-state index in [1.807, 2.05) is 55.5 Å². The van der Waals surface area contributed by atoms with E-state index in [1.165, 1.54) is 7.11 Å². The number of benzene rings is 3. The Balaban J connectivity index is 1.68. The van der Waals surface area contributed by atoms with E-state index in [4.69, 9.17) is 9.47 Å². The van der Waals surface area contributed by atoms with Gasteiger partial charge in [0.2, 0.25) is 0 Å². The number of hydrogen-bond acceptors (Lipinski definition) is 5. The van der Waals surface area contributed by atoms with Gasteiger partial charge in [-0.15, -0.1) is 0 Å². The number of methoxy groups -OCH3 is 1. The first-order valence-electron chi connectivity index (χ1n) is 9.44. The molecule has 0 radical (unpaired) electrons. The average molecular weight is 405 g/mol. The van der Waals surface area contributed by atoms with Gasteiger partial charge in [-0.3, -0.25) is 4.79 Å². The molecule has 3 aromatic rings. The minimum Gasteiger partial charge on any atom is -0.489 e. The van der Waals surface area contributed by atoms with Crippen molar-refractivity contribution in [1.29, 1.82) is 0 Å². The zero-order chi connectivity index (χ0) is 21.3. The molecule has 3 rings (SSSR count). The van der Waals surface area contributed by atoms with Crippen LogP contribution in [0.4, 0.5) is 5.69 Å². The summed E-state index contributed by atoms with van der Waals surface area (Å²) >= 11 is 0. The van der Waals surface area contributed by atoms with Crippen LogP contribution >= 0.6 is 0 Å². The quantitative estimate of drug-likeness (QED) is 0.563. The number of nitrogens with one attached hydrogen (secondary N) is 1. The van der Waals surface area contributed by atoms with Crippen LogP contribution in [0, 0.1) is 6.92 Å². The highest BCUT2D eigenvalue weighted by molar-refractivity contribution is 6.05. The maximum absolute atomic E-state index is 12.9. The summed E-state index contributed by atoms with van der Waals surface area (Å²) in [6, 6.07) is 22.0.